The van der Waals surface area contributed by atoms with E-state index >= 15 is 0 Å². The minimum atomic E-state index is 0.0485. The van der Waals surface area contributed by atoms with Gasteiger partial charge in [-0.1, -0.05) is 11.6 Å². The van der Waals surface area contributed by atoms with E-state index in [1.807, 2.05) is 6.07 Å². The molecular weight excluding hydrogens is 244 g/mol. The minimum Gasteiger partial charge on any atom is -0.497 e. The molecule has 19 heavy (non-hydrogen) atoms. The summed E-state index contributed by atoms with van der Waals surface area (Å²) in [5.74, 6) is 1.38. The molecule has 1 fully saturated rings. The first-order chi connectivity index (χ1) is 9.22. The number of hydrogen-bond acceptors (Lipinski definition) is 4. The number of oxime groups is 1. The Morgan fingerprint density at radius 3 is 2.53 bits per heavy atom. The normalized spacial score (nSPS) is 17.2. The van der Waals surface area contributed by atoms with Crippen LogP contribution in [-0.4, -0.2) is 24.3 Å². The Labute approximate surface area is 113 Å². The van der Waals surface area contributed by atoms with Crippen molar-refractivity contribution in [3.05, 3.63) is 23.8 Å². The first-order valence-electron chi connectivity index (χ1n) is 6.56. The van der Waals surface area contributed by atoms with Crippen molar-refractivity contribution in [3.8, 4) is 11.5 Å². The van der Waals surface area contributed by atoms with Gasteiger partial charge in [-0.2, -0.15) is 0 Å². The van der Waals surface area contributed by atoms with E-state index in [4.69, 9.17) is 20.4 Å². The van der Waals surface area contributed by atoms with E-state index < -0.39 is 0 Å². The van der Waals surface area contributed by atoms with Crippen LogP contribution in [0, 0.1) is 0 Å². The summed E-state index contributed by atoms with van der Waals surface area (Å²) >= 11 is 0. The number of nitrogens with zero attached hydrogens (tertiary/aromatic N) is 1. The molecule has 3 N–H and O–H groups in total. The van der Waals surface area contributed by atoms with Gasteiger partial charge in [-0.25, -0.2) is 0 Å². The van der Waals surface area contributed by atoms with Crippen LogP contribution in [0.5, 0.6) is 11.5 Å². The Balaban J connectivity index is 2.18. The average Bonchev–Trinajstić information content (AvgIpc) is 2.47. The summed E-state index contributed by atoms with van der Waals surface area (Å²) < 4.78 is 11.2. The maximum atomic E-state index is 8.75. The first kappa shape index (κ1) is 13.5. The number of benzene rings is 1. The fraction of sp³-hybridized carbons (Fsp3) is 0.500. The molecule has 1 aliphatic carbocycles. The zero-order valence-electron chi connectivity index (χ0n) is 11.1. The molecule has 0 amide bonds. The largest absolute Gasteiger partial charge is 0.497 e. The van der Waals surface area contributed by atoms with Gasteiger partial charge in [0, 0.05) is 11.6 Å². The van der Waals surface area contributed by atoms with Crippen LogP contribution >= 0.6 is 0 Å². The molecule has 1 aromatic rings. The average molecular weight is 264 g/mol. The van der Waals surface area contributed by atoms with Gasteiger partial charge in [-0.05, 0) is 37.8 Å². The van der Waals surface area contributed by atoms with E-state index in [1.165, 1.54) is 19.3 Å². The Morgan fingerprint density at radius 2 is 1.89 bits per heavy atom. The summed E-state index contributed by atoms with van der Waals surface area (Å²) in [5, 5.41) is 11.8. The third-order valence-corrected chi connectivity index (χ3v) is 3.37. The molecule has 0 heterocycles. The van der Waals surface area contributed by atoms with Crippen LogP contribution < -0.4 is 15.2 Å². The lowest BCUT2D eigenvalue weighted by atomic mass is 9.98. The van der Waals surface area contributed by atoms with Crippen LogP contribution in [0.4, 0.5) is 0 Å². The lowest BCUT2D eigenvalue weighted by Gasteiger charge is -2.23. The maximum absolute atomic E-state index is 8.75. The summed E-state index contributed by atoms with van der Waals surface area (Å²) in [6.07, 6.45) is 6.12. The number of nitrogens with two attached hydrogens (primary N) is 1. The zero-order valence-corrected chi connectivity index (χ0v) is 11.1. The number of ether oxygens (including phenoxy) is 2. The molecule has 0 atom stereocenters. The molecule has 1 aromatic carbocycles. The summed E-state index contributed by atoms with van der Waals surface area (Å²) in [5.41, 5.74) is 6.20. The number of methoxy groups -OCH3 is 1. The van der Waals surface area contributed by atoms with E-state index in [-0.39, 0.29) is 11.9 Å². The van der Waals surface area contributed by atoms with Crippen molar-refractivity contribution < 1.29 is 14.7 Å². The van der Waals surface area contributed by atoms with Crippen molar-refractivity contribution in [2.24, 2.45) is 10.9 Å². The highest BCUT2D eigenvalue weighted by molar-refractivity contribution is 5.97. The first-order valence-corrected chi connectivity index (χ1v) is 6.56. The lowest BCUT2D eigenvalue weighted by molar-refractivity contribution is 0.154. The second-order valence-corrected chi connectivity index (χ2v) is 4.76. The molecule has 1 aliphatic rings. The van der Waals surface area contributed by atoms with Gasteiger partial charge in [-0.15, -0.1) is 0 Å². The van der Waals surface area contributed by atoms with Gasteiger partial charge >= 0.3 is 0 Å². The van der Waals surface area contributed by atoms with Crippen LogP contribution in [0.2, 0.25) is 0 Å². The summed E-state index contributed by atoms with van der Waals surface area (Å²) in [6.45, 7) is 0. The second kappa shape index (κ2) is 6.31. The predicted molar refractivity (Wildman–Crippen MR) is 73.0 cm³/mol. The molecule has 5 heteroatoms. The van der Waals surface area contributed by atoms with Crippen molar-refractivity contribution in [1.82, 2.24) is 0 Å². The van der Waals surface area contributed by atoms with Crippen LogP contribution in [0.15, 0.2) is 23.4 Å². The summed E-state index contributed by atoms with van der Waals surface area (Å²) in [6, 6.07) is 5.30. The van der Waals surface area contributed by atoms with E-state index in [1.54, 1.807) is 19.2 Å². The van der Waals surface area contributed by atoms with Crippen molar-refractivity contribution in [2.45, 2.75) is 38.2 Å². The third-order valence-electron chi connectivity index (χ3n) is 3.37. The van der Waals surface area contributed by atoms with E-state index in [0.717, 1.165) is 12.8 Å². The summed E-state index contributed by atoms with van der Waals surface area (Å²) in [7, 11) is 1.58. The van der Waals surface area contributed by atoms with E-state index in [2.05, 4.69) is 5.16 Å². The molecule has 0 bridgehead atoms. The van der Waals surface area contributed by atoms with Crippen molar-refractivity contribution in [1.29, 1.82) is 0 Å². The zero-order chi connectivity index (χ0) is 13.7. The van der Waals surface area contributed by atoms with Crippen molar-refractivity contribution in [2.75, 3.05) is 7.11 Å². The third kappa shape index (κ3) is 3.53. The van der Waals surface area contributed by atoms with Gasteiger partial charge in [0.1, 0.15) is 11.5 Å². The number of hydrogen-bond donors (Lipinski definition) is 2. The smallest absolute Gasteiger partial charge is 0.170 e. The van der Waals surface area contributed by atoms with Gasteiger partial charge in [-0.3, -0.25) is 0 Å². The van der Waals surface area contributed by atoms with E-state index in [9.17, 15) is 0 Å². The molecule has 104 valence electrons. The Bertz CT molecular complexity index is 454. The number of rotatable bonds is 4. The molecule has 1 saturated carbocycles. The van der Waals surface area contributed by atoms with Crippen molar-refractivity contribution >= 4 is 5.84 Å². The Kier molecular flexibility index (Phi) is 4.49. The molecule has 0 spiro atoms. The Hall–Kier alpha value is -1.91. The SMILES string of the molecule is COc1cc(OC2CCCCC2)cc(/C(N)=N/O)c1. The van der Waals surface area contributed by atoms with Gasteiger partial charge in [0.25, 0.3) is 0 Å². The Morgan fingerprint density at radius 1 is 1.21 bits per heavy atom. The highest BCUT2D eigenvalue weighted by Gasteiger charge is 2.16. The molecule has 0 aliphatic heterocycles. The molecule has 5 nitrogen and oxygen atoms in total. The molecular formula is C14H20N2O3. The highest BCUT2D eigenvalue weighted by atomic mass is 16.5. The van der Waals surface area contributed by atoms with Gasteiger partial charge in [0.2, 0.25) is 0 Å². The van der Waals surface area contributed by atoms with Gasteiger partial charge < -0.3 is 20.4 Å². The van der Waals surface area contributed by atoms with Gasteiger partial charge in [0.15, 0.2) is 5.84 Å². The maximum Gasteiger partial charge on any atom is 0.170 e. The molecule has 0 unspecified atom stereocenters. The minimum absolute atomic E-state index is 0.0485. The quantitative estimate of drug-likeness (QED) is 0.379. The molecule has 2 rings (SSSR count). The highest BCUT2D eigenvalue weighted by Crippen LogP contribution is 2.27. The monoisotopic (exact) mass is 264 g/mol. The molecule has 0 saturated heterocycles. The fourth-order valence-electron chi connectivity index (χ4n) is 2.34. The standard InChI is InChI=1S/C14H20N2O3/c1-18-12-7-10(14(15)16-17)8-13(9-12)19-11-5-3-2-4-6-11/h7-9,11,17H,2-6H2,1H3,(H2,15,16). The second-order valence-electron chi connectivity index (χ2n) is 4.76. The predicted octanol–water partition coefficient (Wildman–Crippen LogP) is 2.50. The van der Waals surface area contributed by atoms with Crippen molar-refractivity contribution in [3.63, 3.8) is 0 Å². The summed E-state index contributed by atoms with van der Waals surface area (Å²) in [4.78, 5) is 0. The lowest BCUT2D eigenvalue weighted by Crippen LogP contribution is -2.20. The molecule has 0 radical (unpaired) electrons. The van der Waals surface area contributed by atoms with Gasteiger partial charge in [0.05, 0.1) is 13.2 Å². The topological polar surface area (TPSA) is 77.1 Å². The van der Waals surface area contributed by atoms with E-state index in [0.29, 0.717) is 17.1 Å². The fourth-order valence-corrected chi connectivity index (χ4v) is 2.34. The van der Waals surface area contributed by atoms with Crippen LogP contribution in [-0.2, 0) is 0 Å². The number of amidine groups is 1. The van der Waals surface area contributed by atoms with Crippen LogP contribution in [0.25, 0.3) is 0 Å². The van der Waals surface area contributed by atoms with Crippen LogP contribution in [0.3, 0.4) is 0 Å². The van der Waals surface area contributed by atoms with Crippen LogP contribution in [0.1, 0.15) is 37.7 Å². The molecule has 0 aromatic heterocycles.